The lowest BCUT2D eigenvalue weighted by atomic mass is 9.88. The van der Waals surface area contributed by atoms with Crippen molar-refractivity contribution in [3.63, 3.8) is 0 Å². The fourth-order valence-corrected chi connectivity index (χ4v) is 4.03. The topological polar surface area (TPSA) is 15.3 Å². The van der Waals surface area contributed by atoms with Crippen LogP contribution in [0, 0.1) is 17.8 Å². The molecule has 3 unspecified atom stereocenters. The number of rotatable bonds is 7. The van der Waals surface area contributed by atoms with Gasteiger partial charge in [0.25, 0.3) is 0 Å². The van der Waals surface area contributed by atoms with E-state index < -0.39 is 0 Å². The lowest BCUT2D eigenvalue weighted by Crippen LogP contribution is -2.31. The molecule has 0 aromatic rings. The molecular formula is C15H28N2. The predicted molar refractivity (Wildman–Crippen MR) is 72.1 cm³/mol. The van der Waals surface area contributed by atoms with E-state index in [9.17, 15) is 0 Å². The average molecular weight is 236 g/mol. The fraction of sp³-hybridized carbons (Fsp3) is 1.00. The van der Waals surface area contributed by atoms with E-state index in [2.05, 4.69) is 17.3 Å². The van der Waals surface area contributed by atoms with Gasteiger partial charge in [-0.25, -0.2) is 0 Å². The minimum absolute atomic E-state index is 0.880. The second kappa shape index (κ2) is 5.27. The lowest BCUT2D eigenvalue weighted by molar-refractivity contribution is 0.218. The van der Waals surface area contributed by atoms with Crippen LogP contribution in [0.25, 0.3) is 0 Å². The first-order chi connectivity index (χ1) is 8.31. The van der Waals surface area contributed by atoms with E-state index >= 15 is 0 Å². The van der Waals surface area contributed by atoms with Crippen molar-refractivity contribution >= 4 is 0 Å². The van der Waals surface area contributed by atoms with Gasteiger partial charge in [-0.3, -0.25) is 0 Å². The first-order valence-electron chi connectivity index (χ1n) is 7.73. The van der Waals surface area contributed by atoms with Crippen molar-refractivity contribution < 1.29 is 0 Å². The number of fused-ring (bicyclic) bond motifs is 2. The summed E-state index contributed by atoms with van der Waals surface area (Å²) in [4.78, 5) is 2.58. The molecule has 1 N–H and O–H groups in total. The molecule has 17 heavy (non-hydrogen) atoms. The van der Waals surface area contributed by atoms with Gasteiger partial charge in [-0.15, -0.1) is 0 Å². The van der Waals surface area contributed by atoms with Crippen molar-refractivity contribution in [3.8, 4) is 0 Å². The molecule has 0 aliphatic heterocycles. The van der Waals surface area contributed by atoms with Crippen molar-refractivity contribution in [1.29, 1.82) is 0 Å². The summed E-state index contributed by atoms with van der Waals surface area (Å²) < 4.78 is 0. The molecule has 0 aromatic heterocycles. The molecule has 0 heterocycles. The first-order valence-corrected chi connectivity index (χ1v) is 7.73. The third-order valence-electron chi connectivity index (χ3n) is 5.16. The van der Waals surface area contributed by atoms with Crippen LogP contribution in [0.4, 0.5) is 0 Å². The van der Waals surface area contributed by atoms with Crippen LogP contribution in [0.2, 0.25) is 0 Å². The van der Waals surface area contributed by atoms with E-state index in [0.29, 0.717) is 0 Å². The van der Waals surface area contributed by atoms with Crippen LogP contribution in [0.3, 0.4) is 0 Å². The number of hydrogen-bond acceptors (Lipinski definition) is 2. The Hall–Kier alpha value is -0.0800. The van der Waals surface area contributed by atoms with Gasteiger partial charge in [0, 0.05) is 12.6 Å². The summed E-state index contributed by atoms with van der Waals surface area (Å²) in [6.45, 7) is 3.88. The summed E-state index contributed by atoms with van der Waals surface area (Å²) in [5.74, 6) is 3.23. The van der Waals surface area contributed by atoms with Gasteiger partial charge in [0.2, 0.25) is 0 Å². The van der Waals surface area contributed by atoms with Crippen LogP contribution >= 0.6 is 0 Å². The standard InChI is InChI=1S/C15H28N2/c1-17(8-2-7-16-15-5-6-15)11-14-10-12-3-4-13(14)9-12/h12-16H,2-11H2,1H3. The molecule has 0 saturated heterocycles. The molecule has 3 aliphatic rings. The summed E-state index contributed by atoms with van der Waals surface area (Å²) in [5.41, 5.74) is 0. The monoisotopic (exact) mass is 236 g/mol. The minimum Gasteiger partial charge on any atom is -0.314 e. The second-order valence-corrected chi connectivity index (χ2v) is 6.78. The molecule has 0 radical (unpaired) electrons. The first kappa shape index (κ1) is 12.0. The normalized spacial score (nSPS) is 36.0. The van der Waals surface area contributed by atoms with E-state index in [1.54, 1.807) is 6.42 Å². The van der Waals surface area contributed by atoms with E-state index in [4.69, 9.17) is 0 Å². The summed E-state index contributed by atoms with van der Waals surface area (Å²) in [6, 6.07) is 0.880. The quantitative estimate of drug-likeness (QED) is 0.683. The molecule has 2 nitrogen and oxygen atoms in total. The number of hydrogen-bond donors (Lipinski definition) is 1. The summed E-state index contributed by atoms with van der Waals surface area (Å²) in [7, 11) is 2.32. The molecule has 3 atom stereocenters. The molecule has 0 amide bonds. The van der Waals surface area contributed by atoms with Crippen molar-refractivity contribution in [1.82, 2.24) is 10.2 Å². The summed E-state index contributed by atoms with van der Waals surface area (Å²) in [6.07, 6.45) is 10.3. The van der Waals surface area contributed by atoms with E-state index in [1.807, 2.05) is 0 Å². The summed E-state index contributed by atoms with van der Waals surface area (Å²) in [5, 5.41) is 3.61. The lowest BCUT2D eigenvalue weighted by Gasteiger charge is -2.27. The van der Waals surface area contributed by atoms with Gasteiger partial charge in [0.05, 0.1) is 0 Å². The van der Waals surface area contributed by atoms with E-state index in [0.717, 1.165) is 23.8 Å². The van der Waals surface area contributed by atoms with Gasteiger partial charge in [-0.1, -0.05) is 6.42 Å². The van der Waals surface area contributed by atoms with Crippen LogP contribution in [-0.4, -0.2) is 37.6 Å². The fourth-order valence-electron chi connectivity index (χ4n) is 4.03. The van der Waals surface area contributed by atoms with Gasteiger partial charge < -0.3 is 10.2 Å². The third kappa shape index (κ3) is 3.23. The van der Waals surface area contributed by atoms with Crippen molar-refractivity contribution in [2.24, 2.45) is 17.8 Å². The minimum atomic E-state index is 0.880. The summed E-state index contributed by atoms with van der Waals surface area (Å²) >= 11 is 0. The van der Waals surface area contributed by atoms with Crippen molar-refractivity contribution in [3.05, 3.63) is 0 Å². The maximum absolute atomic E-state index is 3.61. The van der Waals surface area contributed by atoms with Gasteiger partial charge in [0.15, 0.2) is 0 Å². The van der Waals surface area contributed by atoms with Crippen molar-refractivity contribution in [2.45, 2.75) is 51.0 Å². The molecule has 0 spiro atoms. The van der Waals surface area contributed by atoms with Crippen molar-refractivity contribution in [2.75, 3.05) is 26.7 Å². The molecule has 3 rings (SSSR count). The Balaban J connectivity index is 1.28. The van der Waals surface area contributed by atoms with E-state index in [1.165, 1.54) is 58.2 Å². The highest BCUT2D eigenvalue weighted by Crippen LogP contribution is 2.48. The largest absolute Gasteiger partial charge is 0.314 e. The van der Waals surface area contributed by atoms with Crippen LogP contribution in [0.1, 0.15) is 44.9 Å². The zero-order chi connectivity index (χ0) is 11.7. The molecule has 98 valence electrons. The second-order valence-electron chi connectivity index (χ2n) is 6.78. The molecule has 3 saturated carbocycles. The predicted octanol–water partition coefficient (Wildman–Crippen LogP) is 2.50. The van der Waals surface area contributed by atoms with Gasteiger partial charge >= 0.3 is 0 Å². The third-order valence-corrected chi connectivity index (χ3v) is 5.16. The smallest absolute Gasteiger partial charge is 0.00682 e. The van der Waals surface area contributed by atoms with Crippen LogP contribution in [-0.2, 0) is 0 Å². The highest BCUT2D eigenvalue weighted by atomic mass is 15.1. The molecule has 2 heteroatoms. The maximum Gasteiger partial charge on any atom is 0.00682 e. The number of nitrogens with one attached hydrogen (secondary N) is 1. The van der Waals surface area contributed by atoms with Crippen LogP contribution in [0.15, 0.2) is 0 Å². The Labute approximate surface area is 106 Å². The maximum atomic E-state index is 3.61. The Morgan fingerprint density at radius 1 is 1.12 bits per heavy atom. The van der Waals surface area contributed by atoms with E-state index in [-0.39, 0.29) is 0 Å². The molecular weight excluding hydrogens is 208 g/mol. The Morgan fingerprint density at radius 2 is 2.00 bits per heavy atom. The molecule has 3 aliphatic carbocycles. The van der Waals surface area contributed by atoms with Crippen LogP contribution in [0.5, 0.6) is 0 Å². The van der Waals surface area contributed by atoms with Gasteiger partial charge in [0.1, 0.15) is 0 Å². The zero-order valence-electron chi connectivity index (χ0n) is 11.3. The molecule has 0 aromatic carbocycles. The van der Waals surface area contributed by atoms with Gasteiger partial charge in [-0.05, 0) is 76.4 Å². The van der Waals surface area contributed by atoms with Crippen LogP contribution < -0.4 is 5.32 Å². The average Bonchev–Trinajstić information content (AvgIpc) is 2.91. The highest BCUT2D eigenvalue weighted by molar-refractivity contribution is 4.91. The SMILES string of the molecule is CN(CCCNC1CC1)CC1CC2CCC1C2. The zero-order valence-corrected chi connectivity index (χ0v) is 11.3. The molecule has 2 bridgehead atoms. The Bertz CT molecular complexity index is 249. The number of nitrogens with zero attached hydrogens (tertiary/aromatic N) is 1. The molecule has 3 fully saturated rings. The highest BCUT2D eigenvalue weighted by Gasteiger charge is 2.39. The Kier molecular flexibility index (Phi) is 3.72. The Morgan fingerprint density at radius 3 is 2.65 bits per heavy atom. The van der Waals surface area contributed by atoms with Gasteiger partial charge in [-0.2, -0.15) is 0 Å².